The molecule has 3 heteroatoms. The van der Waals surface area contributed by atoms with E-state index in [1.54, 1.807) is 0 Å². The van der Waals surface area contributed by atoms with E-state index in [-0.39, 0.29) is 25.4 Å². The van der Waals surface area contributed by atoms with Gasteiger partial charge in [-0.2, -0.15) is 0 Å². The Labute approximate surface area is 107 Å². The zero-order valence-electron chi connectivity index (χ0n) is 10.3. The van der Waals surface area contributed by atoms with Crippen LogP contribution >= 0.6 is 0 Å². The van der Waals surface area contributed by atoms with Gasteiger partial charge >= 0.3 is 5.97 Å². The molecule has 0 radical (unpaired) electrons. The third kappa shape index (κ3) is 10.4. The second-order valence-corrected chi connectivity index (χ2v) is 4.03. The van der Waals surface area contributed by atoms with Crippen molar-refractivity contribution in [3.63, 3.8) is 0 Å². The number of carboxylic acid groups (broad SMARTS) is 1. The van der Waals surface area contributed by atoms with Crippen molar-refractivity contribution in [2.75, 3.05) is 0 Å². The Morgan fingerprint density at radius 2 is 1.53 bits per heavy atom. The van der Waals surface area contributed by atoms with Gasteiger partial charge < -0.3 is 5.11 Å². The number of unbranched alkanes of at least 4 members (excludes halogenated alkanes) is 4. The number of carboxylic acids is 1. The monoisotopic (exact) mass is 264 g/mol. The van der Waals surface area contributed by atoms with Gasteiger partial charge in [0, 0.05) is 19.5 Å². The Hall–Kier alpha value is 0.0934. The first-order chi connectivity index (χ1) is 6.72. The molecule has 15 heavy (non-hydrogen) atoms. The molecule has 0 fully saturated rings. The topological polar surface area (TPSA) is 37.3 Å². The summed E-state index contributed by atoms with van der Waals surface area (Å²) in [7, 11) is 0. The van der Waals surface area contributed by atoms with Gasteiger partial charge in [-0.05, 0) is 12.8 Å². The quantitative estimate of drug-likeness (QED) is 0.508. The molecule has 2 nitrogen and oxygen atoms in total. The molecule has 0 saturated heterocycles. The van der Waals surface area contributed by atoms with E-state index in [1.807, 2.05) is 0 Å². The smallest absolute Gasteiger partial charge is 0.306 e. The average molecular weight is 266 g/mol. The van der Waals surface area contributed by atoms with Crippen molar-refractivity contribution in [2.24, 2.45) is 5.92 Å². The molecule has 0 saturated carbocycles. The molecule has 0 spiro atoms. The van der Waals surface area contributed by atoms with Gasteiger partial charge in [0.15, 0.2) is 0 Å². The van der Waals surface area contributed by atoms with Crippen molar-refractivity contribution in [1.82, 2.24) is 0 Å². The maximum atomic E-state index is 10.9. The summed E-state index contributed by atoms with van der Waals surface area (Å²) in [6, 6.07) is 0. The molecule has 86 valence electrons. The number of carbonyl (C=O) groups is 1. The fraction of sp³-hybridized carbons (Fsp3) is 0.917. The summed E-state index contributed by atoms with van der Waals surface area (Å²) in [4.78, 5) is 10.9. The van der Waals surface area contributed by atoms with Crippen LogP contribution in [0.4, 0.5) is 0 Å². The Morgan fingerprint density at radius 1 is 1.00 bits per heavy atom. The molecule has 0 aromatic carbocycles. The molecule has 1 unspecified atom stereocenters. The van der Waals surface area contributed by atoms with Crippen molar-refractivity contribution in [3.8, 4) is 0 Å². The van der Waals surface area contributed by atoms with E-state index in [4.69, 9.17) is 5.11 Å². The van der Waals surface area contributed by atoms with E-state index < -0.39 is 5.97 Å². The first-order valence-corrected chi connectivity index (χ1v) is 5.95. The minimum Gasteiger partial charge on any atom is -0.481 e. The first kappa shape index (κ1) is 17.5. The fourth-order valence-electron chi connectivity index (χ4n) is 1.66. The molecule has 1 atom stereocenters. The van der Waals surface area contributed by atoms with Gasteiger partial charge in [0.1, 0.15) is 0 Å². The van der Waals surface area contributed by atoms with Crippen LogP contribution in [0.3, 0.4) is 0 Å². The standard InChI is InChI=1S/C12H24O2.Zn/c1-3-5-7-8-10-11(12(13)14)9-6-4-2;/h11H,3-10H2,1-2H3,(H,13,14);. The van der Waals surface area contributed by atoms with Crippen LogP contribution in [0.1, 0.15) is 65.2 Å². The number of aliphatic carboxylic acids is 1. The Morgan fingerprint density at radius 3 is 2.00 bits per heavy atom. The van der Waals surface area contributed by atoms with Gasteiger partial charge in [0.25, 0.3) is 0 Å². The predicted molar refractivity (Wildman–Crippen MR) is 59.4 cm³/mol. The summed E-state index contributed by atoms with van der Waals surface area (Å²) in [5, 5.41) is 8.96. The second kappa shape index (κ2) is 12.2. The van der Waals surface area contributed by atoms with Gasteiger partial charge in [-0.1, -0.05) is 52.4 Å². The zero-order chi connectivity index (χ0) is 10.8. The van der Waals surface area contributed by atoms with E-state index in [0.29, 0.717) is 0 Å². The summed E-state index contributed by atoms with van der Waals surface area (Å²) < 4.78 is 0. The van der Waals surface area contributed by atoms with E-state index in [1.165, 1.54) is 19.3 Å². The molecular weight excluding hydrogens is 242 g/mol. The van der Waals surface area contributed by atoms with Crippen LogP contribution in [0.5, 0.6) is 0 Å². The first-order valence-electron chi connectivity index (χ1n) is 5.95. The van der Waals surface area contributed by atoms with Crippen LogP contribution in [0, 0.1) is 5.92 Å². The zero-order valence-corrected chi connectivity index (χ0v) is 13.3. The van der Waals surface area contributed by atoms with Crippen molar-refractivity contribution in [2.45, 2.75) is 65.2 Å². The van der Waals surface area contributed by atoms with E-state index >= 15 is 0 Å². The Balaban J connectivity index is 0. The number of hydrogen-bond donors (Lipinski definition) is 1. The molecule has 0 aromatic heterocycles. The van der Waals surface area contributed by atoms with Gasteiger partial charge in [-0.3, -0.25) is 4.79 Å². The van der Waals surface area contributed by atoms with Crippen LogP contribution in [0.2, 0.25) is 0 Å². The Kier molecular flexibility index (Phi) is 14.2. The normalized spacial score (nSPS) is 11.9. The third-order valence-corrected chi connectivity index (χ3v) is 2.66. The largest absolute Gasteiger partial charge is 0.481 e. The summed E-state index contributed by atoms with van der Waals surface area (Å²) >= 11 is 0. The van der Waals surface area contributed by atoms with Gasteiger partial charge in [-0.15, -0.1) is 0 Å². The van der Waals surface area contributed by atoms with Gasteiger partial charge in [0.05, 0.1) is 5.92 Å². The van der Waals surface area contributed by atoms with Crippen molar-refractivity contribution in [1.29, 1.82) is 0 Å². The van der Waals surface area contributed by atoms with Crippen LogP contribution in [-0.2, 0) is 24.3 Å². The van der Waals surface area contributed by atoms with Crippen LogP contribution in [-0.4, -0.2) is 11.1 Å². The third-order valence-electron chi connectivity index (χ3n) is 2.66. The molecule has 0 amide bonds. The maximum absolute atomic E-state index is 10.9. The fourth-order valence-corrected chi connectivity index (χ4v) is 1.66. The molecule has 0 aromatic rings. The summed E-state index contributed by atoms with van der Waals surface area (Å²) in [5.74, 6) is -0.693. The molecule has 0 bridgehead atoms. The molecule has 0 heterocycles. The van der Waals surface area contributed by atoms with Gasteiger partial charge in [0.2, 0.25) is 0 Å². The number of hydrogen-bond acceptors (Lipinski definition) is 1. The van der Waals surface area contributed by atoms with E-state index in [9.17, 15) is 4.79 Å². The maximum Gasteiger partial charge on any atom is 0.306 e. The predicted octanol–water partition coefficient (Wildman–Crippen LogP) is 3.85. The molecular formula is C12H24O2Zn. The van der Waals surface area contributed by atoms with Gasteiger partial charge in [-0.25, -0.2) is 0 Å². The average Bonchev–Trinajstić information content (AvgIpc) is 2.16. The molecule has 0 aliphatic carbocycles. The molecule has 0 aliphatic heterocycles. The summed E-state index contributed by atoms with van der Waals surface area (Å²) in [6.07, 6.45) is 8.59. The molecule has 0 rings (SSSR count). The van der Waals surface area contributed by atoms with Crippen molar-refractivity contribution < 1.29 is 29.4 Å². The number of rotatable bonds is 9. The molecule has 0 aliphatic rings. The van der Waals surface area contributed by atoms with Crippen LogP contribution < -0.4 is 0 Å². The summed E-state index contributed by atoms with van der Waals surface area (Å²) in [5.41, 5.74) is 0. The van der Waals surface area contributed by atoms with E-state index in [2.05, 4.69) is 13.8 Å². The van der Waals surface area contributed by atoms with Crippen LogP contribution in [0.15, 0.2) is 0 Å². The SMILES string of the molecule is CCCCCCC(CCCC)C(=O)O.[Zn]. The van der Waals surface area contributed by atoms with Crippen LogP contribution in [0.25, 0.3) is 0 Å². The second-order valence-electron chi connectivity index (χ2n) is 4.03. The minimum atomic E-state index is -0.602. The minimum absolute atomic E-state index is 0. The Bertz CT molecular complexity index is 149. The molecule has 1 N–H and O–H groups in total. The van der Waals surface area contributed by atoms with E-state index in [0.717, 1.165) is 32.1 Å². The van der Waals surface area contributed by atoms with Crippen molar-refractivity contribution >= 4 is 5.97 Å². The summed E-state index contributed by atoms with van der Waals surface area (Å²) in [6.45, 7) is 4.28. The van der Waals surface area contributed by atoms with Crippen molar-refractivity contribution in [3.05, 3.63) is 0 Å².